The highest BCUT2D eigenvalue weighted by Crippen LogP contribution is 2.23. The molecule has 2 heteroatoms. The summed E-state index contributed by atoms with van der Waals surface area (Å²) in [5.74, 6) is 1.25. The number of thioether (sulfide) groups is 1. The lowest BCUT2D eigenvalue weighted by atomic mass is 10.00. The summed E-state index contributed by atoms with van der Waals surface area (Å²) in [5.41, 5.74) is 4.71. The molecule has 0 spiro atoms. The van der Waals surface area contributed by atoms with Crippen LogP contribution in [0.3, 0.4) is 0 Å². The molecule has 0 amide bonds. The van der Waals surface area contributed by atoms with Gasteiger partial charge in [0.15, 0.2) is 0 Å². The summed E-state index contributed by atoms with van der Waals surface area (Å²) in [6.45, 7) is 3.28. The van der Waals surface area contributed by atoms with Gasteiger partial charge in [-0.25, -0.2) is 0 Å². The van der Waals surface area contributed by atoms with E-state index in [9.17, 15) is 0 Å². The van der Waals surface area contributed by atoms with Crippen molar-refractivity contribution in [3.8, 4) is 0 Å². The van der Waals surface area contributed by atoms with Crippen LogP contribution in [0, 0.1) is 0 Å². The Bertz CT molecular complexity index is 375. The van der Waals surface area contributed by atoms with Gasteiger partial charge in [0.05, 0.1) is 0 Å². The largest absolute Gasteiger partial charge is 0.314 e. The summed E-state index contributed by atoms with van der Waals surface area (Å²) in [6, 6.07) is 7.79. The fourth-order valence-electron chi connectivity index (χ4n) is 2.86. The predicted molar refractivity (Wildman–Crippen MR) is 82.6 cm³/mol. The number of likely N-dealkylation sites (N-methyl/N-ethyl adjacent to an activating group) is 1. The number of aryl methyl sites for hydroxylation is 2. The van der Waals surface area contributed by atoms with E-state index in [0.29, 0.717) is 6.04 Å². The molecule has 1 aromatic carbocycles. The molecule has 100 valence electrons. The molecule has 2 rings (SSSR count). The van der Waals surface area contributed by atoms with Gasteiger partial charge in [-0.05, 0) is 67.3 Å². The minimum absolute atomic E-state index is 0.641. The standard InChI is InChI=1S/C16H25NS/c1-3-17-16(9-10-18-2)12-13-7-8-14-5-4-6-15(14)11-13/h7-8,11,16-17H,3-6,9-10,12H2,1-2H3. The summed E-state index contributed by atoms with van der Waals surface area (Å²) in [4.78, 5) is 0. The third-order valence-corrected chi connectivity index (χ3v) is 4.45. The monoisotopic (exact) mass is 263 g/mol. The Morgan fingerprint density at radius 2 is 2.11 bits per heavy atom. The maximum absolute atomic E-state index is 3.62. The fraction of sp³-hybridized carbons (Fsp3) is 0.625. The van der Waals surface area contributed by atoms with Crippen molar-refractivity contribution in [1.82, 2.24) is 5.32 Å². The van der Waals surface area contributed by atoms with Gasteiger partial charge < -0.3 is 5.32 Å². The van der Waals surface area contributed by atoms with Crippen LogP contribution < -0.4 is 5.32 Å². The zero-order chi connectivity index (χ0) is 12.8. The Labute approximate surface area is 116 Å². The molecule has 0 bridgehead atoms. The molecule has 1 nitrogen and oxygen atoms in total. The number of nitrogens with one attached hydrogen (secondary N) is 1. The topological polar surface area (TPSA) is 12.0 Å². The van der Waals surface area contributed by atoms with E-state index in [-0.39, 0.29) is 0 Å². The van der Waals surface area contributed by atoms with E-state index < -0.39 is 0 Å². The second-order valence-corrected chi connectivity index (χ2v) is 6.18. The van der Waals surface area contributed by atoms with Crippen LogP contribution in [0.5, 0.6) is 0 Å². The van der Waals surface area contributed by atoms with Crippen molar-refractivity contribution < 1.29 is 0 Å². The highest BCUT2D eigenvalue weighted by Gasteiger charge is 2.13. The molecule has 0 saturated carbocycles. The molecule has 1 aromatic rings. The van der Waals surface area contributed by atoms with Gasteiger partial charge in [-0.1, -0.05) is 25.1 Å². The molecule has 18 heavy (non-hydrogen) atoms. The van der Waals surface area contributed by atoms with Crippen molar-refractivity contribution in [2.24, 2.45) is 0 Å². The van der Waals surface area contributed by atoms with Crippen molar-refractivity contribution in [1.29, 1.82) is 0 Å². The molecule has 0 saturated heterocycles. The average molecular weight is 263 g/mol. The lowest BCUT2D eigenvalue weighted by molar-refractivity contribution is 0.513. The number of hydrogen-bond donors (Lipinski definition) is 1. The zero-order valence-corrected chi connectivity index (χ0v) is 12.5. The zero-order valence-electron chi connectivity index (χ0n) is 11.7. The van der Waals surface area contributed by atoms with Crippen molar-refractivity contribution >= 4 is 11.8 Å². The molecule has 0 heterocycles. The molecule has 1 atom stereocenters. The van der Waals surface area contributed by atoms with Gasteiger partial charge >= 0.3 is 0 Å². The third-order valence-electron chi connectivity index (χ3n) is 3.81. The van der Waals surface area contributed by atoms with Crippen LogP contribution in [0.25, 0.3) is 0 Å². The molecule has 1 N–H and O–H groups in total. The summed E-state index contributed by atoms with van der Waals surface area (Å²) >= 11 is 1.95. The minimum atomic E-state index is 0.641. The molecule has 1 aliphatic rings. The average Bonchev–Trinajstić information content (AvgIpc) is 2.83. The predicted octanol–water partition coefficient (Wildman–Crippen LogP) is 3.45. The van der Waals surface area contributed by atoms with E-state index in [1.54, 1.807) is 11.1 Å². The Morgan fingerprint density at radius 3 is 2.89 bits per heavy atom. The number of fused-ring (bicyclic) bond motifs is 1. The van der Waals surface area contributed by atoms with E-state index in [2.05, 4.69) is 36.7 Å². The Balaban J connectivity index is 1.97. The van der Waals surface area contributed by atoms with E-state index in [1.165, 1.54) is 43.4 Å². The lowest BCUT2D eigenvalue weighted by Crippen LogP contribution is -2.31. The highest BCUT2D eigenvalue weighted by molar-refractivity contribution is 7.98. The van der Waals surface area contributed by atoms with Crippen LogP contribution in [0.15, 0.2) is 18.2 Å². The summed E-state index contributed by atoms with van der Waals surface area (Å²) in [6.07, 6.45) is 8.58. The second kappa shape index (κ2) is 7.20. The normalized spacial score (nSPS) is 15.7. The Morgan fingerprint density at radius 1 is 1.28 bits per heavy atom. The maximum Gasteiger partial charge on any atom is 0.0115 e. The van der Waals surface area contributed by atoms with Crippen molar-refractivity contribution in [3.05, 3.63) is 34.9 Å². The van der Waals surface area contributed by atoms with E-state index in [1.807, 2.05) is 11.8 Å². The first-order valence-electron chi connectivity index (χ1n) is 7.16. The van der Waals surface area contributed by atoms with Gasteiger partial charge in [-0.3, -0.25) is 0 Å². The van der Waals surface area contributed by atoms with Crippen molar-refractivity contribution in [2.45, 2.75) is 45.1 Å². The first-order chi connectivity index (χ1) is 8.83. The van der Waals surface area contributed by atoms with Crippen molar-refractivity contribution in [3.63, 3.8) is 0 Å². The van der Waals surface area contributed by atoms with E-state index in [0.717, 1.165) is 6.54 Å². The number of benzene rings is 1. The van der Waals surface area contributed by atoms with Gasteiger partial charge in [-0.2, -0.15) is 11.8 Å². The van der Waals surface area contributed by atoms with Crippen LogP contribution >= 0.6 is 11.8 Å². The fourth-order valence-corrected chi connectivity index (χ4v) is 3.38. The van der Waals surface area contributed by atoms with Crippen LogP contribution in [-0.4, -0.2) is 24.6 Å². The smallest absolute Gasteiger partial charge is 0.0115 e. The minimum Gasteiger partial charge on any atom is -0.314 e. The van der Waals surface area contributed by atoms with Crippen LogP contribution in [0.2, 0.25) is 0 Å². The molecular formula is C16H25NS. The molecule has 0 aromatic heterocycles. The molecule has 1 aliphatic carbocycles. The molecule has 1 unspecified atom stereocenters. The SMILES string of the molecule is CCNC(CCSC)Cc1ccc2c(c1)CCC2. The maximum atomic E-state index is 3.62. The quantitative estimate of drug-likeness (QED) is 0.808. The molecule has 0 aliphatic heterocycles. The van der Waals surface area contributed by atoms with Gasteiger partial charge in [-0.15, -0.1) is 0 Å². The van der Waals surface area contributed by atoms with Gasteiger partial charge in [0.1, 0.15) is 0 Å². The Kier molecular flexibility index (Phi) is 5.58. The summed E-state index contributed by atoms with van der Waals surface area (Å²) < 4.78 is 0. The van der Waals surface area contributed by atoms with Crippen LogP contribution in [0.1, 0.15) is 36.5 Å². The first-order valence-corrected chi connectivity index (χ1v) is 8.56. The lowest BCUT2D eigenvalue weighted by Gasteiger charge is -2.18. The van der Waals surface area contributed by atoms with Gasteiger partial charge in [0, 0.05) is 6.04 Å². The molecular weight excluding hydrogens is 238 g/mol. The third kappa shape index (κ3) is 3.76. The second-order valence-electron chi connectivity index (χ2n) is 5.20. The van der Waals surface area contributed by atoms with Gasteiger partial charge in [0.25, 0.3) is 0 Å². The first kappa shape index (κ1) is 14.0. The number of hydrogen-bond acceptors (Lipinski definition) is 2. The van der Waals surface area contributed by atoms with Crippen LogP contribution in [0.4, 0.5) is 0 Å². The van der Waals surface area contributed by atoms with E-state index in [4.69, 9.17) is 0 Å². The van der Waals surface area contributed by atoms with E-state index >= 15 is 0 Å². The van der Waals surface area contributed by atoms with Gasteiger partial charge in [0.2, 0.25) is 0 Å². The van der Waals surface area contributed by atoms with Crippen LogP contribution in [-0.2, 0) is 19.3 Å². The number of rotatable bonds is 7. The molecule has 0 fully saturated rings. The summed E-state index contributed by atoms with van der Waals surface area (Å²) in [5, 5.41) is 3.62. The summed E-state index contributed by atoms with van der Waals surface area (Å²) in [7, 11) is 0. The van der Waals surface area contributed by atoms with Crippen molar-refractivity contribution in [2.75, 3.05) is 18.6 Å². The Hall–Kier alpha value is -0.470. The highest BCUT2D eigenvalue weighted by atomic mass is 32.2. The molecule has 0 radical (unpaired) electrons.